The van der Waals surface area contributed by atoms with Crippen LogP contribution in [-0.2, 0) is 4.74 Å². The lowest BCUT2D eigenvalue weighted by atomic mass is 10.1. The Balaban J connectivity index is 4.20. The summed E-state index contributed by atoms with van der Waals surface area (Å²) in [5.41, 5.74) is 5.54. The van der Waals surface area contributed by atoms with E-state index in [0.717, 1.165) is 13.1 Å². The van der Waals surface area contributed by atoms with Crippen molar-refractivity contribution in [2.24, 2.45) is 16.8 Å². The fourth-order valence-electron chi connectivity index (χ4n) is 1.51. The van der Waals surface area contributed by atoms with E-state index in [1.54, 1.807) is 7.11 Å². The second-order valence-electron chi connectivity index (χ2n) is 3.82. The van der Waals surface area contributed by atoms with E-state index < -0.39 is 0 Å². The number of hydrogen-bond donors (Lipinski definition) is 2. The molecule has 5 nitrogen and oxygen atoms in total. The molecular weight excluding hydrogens is 194 g/mol. The SMILES string of the molecule is CCN(CC(C)C(N)=NO)C(C)COC. The van der Waals surface area contributed by atoms with E-state index in [2.05, 4.69) is 23.9 Å². The summed E-state index contributed by atoms with van der Waals surface area (Å²) in [5.74, 6) is 0.326. The monoisotopic (exact) mass is 217 g/mol. The molecule has 0 aromatic heterocycles. The fourth-order valence-corrected chi connectivity index (χ4v) is 1.51. The van der Waals surface area contributed by atoms with Gasteiger partial charge in [-0.05, 0) is 13.5 Å². The highest BCUT2D eigenvalue weighted by Crippen LogP contribution is 2.05. The molecule has 0 radical (unpaired) electrons. The molecule has 0 amide bonds. The van der Waals surface area contributed by atoms with E-state index >= 15 is 0 Å². The molecule has 0 saturated carbocycles. The Morgan fingerprint density at radius 1 is 1.53 bits per heavy atom. The number of hydrogen-bond acceptors (Lipinski definition) is 4. The van der Waals surface area contributed by atoms with Gasteiger partial charge in [0.15, 0.2) is 0 Å². The largest absolute Gasteiger partial charge is 0.409 e. The maximum Gasteiger partial charge on any atom is 0.143 e. The molecule has 15 heavy (non-hydrogen) atoms. The zero-order chi connectivity index (χ0) is 11.8. The van der Waals surface area contributed by atoms with E-state index in [9.17, 15) is 0 Å². The molecular formula is C10H23N3O2. The van der Waals surface area contributed by atoms with Crippen molar-refractivity contribution in [2.75, 3.05) is 26.8 Å². The number of oxime groups is 1. The van der Waals surface area contributed by atoms with Crippen LogP contribution in [0.4, 0.5) is 0 Å². The van der Waals surface area contributed by atoms with Gasteiger partial charge in [0.25, 0.3) is 0 Å². The molecule has 5 heteroatoms. The molecule has 0 aliphatic carbocycles. The Morgan fingerprint density at radius 2 is 2.13 bits per heavy atom. The minimum absolute atomic E-state index is 0.0502. The topological polar surface area (TPSA) is 71.1 Å². The van der Waals surface area contributed by atoms with Gasteiger partial charge in [0, 0.05) is 25.6 Å². The van der Waals surface area contributed by atoms with Crippen molar-refractivity contribution in [3.8, 4) is 0 Å². The molecule has 0 saturated heterocycles. The van der Waals surface area contributed by atoms with Crippen LogP contribution in [-0.4, -0.2) is 48.8 Å². The minimum atomic E-state index is 0.0502. The van der Waals surface area contributed by atoms with Gasteiger partial charge in [0.1, 0.15) is 5.84 Å². The summed E-state index contributed by atoms with van der Waals surface area (Å²) >= 11 is 0. The smallest absolute Gasteiger partial charge is 0.143 e. The molecule has 90 valence electrons. The predicted molar refractivity (Wildman–Crippen MR) is 61.2 cm³/mol. The summed E-state index contributed by atoms with van der Waals surface area (Å²) in [6.45, 7) is 8.52. The van der Waals surface area contributed by atoms with Crippen molar-refractivity contribution >= 4 is 5.84 Å². The minimum Gasteiger partial charge on any atom is -0.409 e. The number of amidine groups is 1. The Labute approximate surface area is 91.9 Å². The van der Waals surface area contributed by atoms with Crippen molar-refractivity contribution in [3.05, 3.63) is 0 Å². The average molecular weight is 217 g/mol. The highest BCUT2D eigenvalue weighted by atomic mass is 16.5. The van der Waals surface area contributed by atoms with Crippen LogP contribution >= 0.6 is 0 Å². The first-order chi connectivity index (χ1) is 7.06. The third-order valence-corrected chi connectivity index (χ3v) is 2.57. The van der Waals surface area contributed by atoms with E-state index in [0.29, 0.717) is 12.6 Å². The summed E-state index contributed by atoms with van der Waals surface area (Å²) in [6.07, 6.45) is 0. The van der Waals surface area contributed by atoms with Crippen LogP contribution < -0.4 is 5.73 Å². The van der Waals surface area contributed by atoms with Gasteiger partial charge in [-0.2, -0.15) is 0 Å². The number of nitrogens with zero attached hydrogens (tertiary/aromatic N) is 2. The summed E-state index contributed by atoms with van der Waals surface area (Å²) in [6, 6.07) is 0.342. The van der Waals surface area contributed by atoms with E-state index in [-0.39, 0.29) is 11.8 Å². The number of rotatable bonds is 7. The van der Waals surface area contributed by atoms with Crippen LogP contribution in [0.3, 0.4) is 0 Å². The maximum atomic E-state index is 8.55. The van der Waals surface area contributed by atoms with Gasteiger partial charge in [-0.1, -0.05) is 19.0 Å². The van der Waals surface area contributed by atoms with Crippen molar-refractivity contribution < 1.29 is 9.94 Å². The van der Waals surface area contributed by atoms with Gasteiger partial charge in [0.2, 0.25) is 0 Å². The Morgan fingerprint density at radius 3 is 2.53 bits per heavy atom. The van der Waals surface area contributed by atoms with Crippen molar-refractivity contribution in [1.29, 1.82) is 0 Å². The molecule has 0 aromatic carbocycles. The number of ether oxygens (including phenoxy) is 1. The second kappa shape index (κ2) is 7.48. The number of nitrogens with two attached hydrogens (primary N) is 1. The molecule has 2 unspecified atom stereocenters. The molecule has 0 bridgehead atoms. The number of likely N-dealkylation sites (N-methyl/N-ethyl adjacent to an activating group) is 1. The van der Waals surface area contributed by atoms with Crippen LogP contribution in [0.25, 0.3) is 0 Å². The average Bonchev–Trinajstić information content (AvgIpc) is 2.24. The summed E-state index contributed by atoms with van der Waals surface area (Å²) in [4.78, 5) is 2.24. The molecule has 3 N–H and O–H groups in total. The second-order valence-corrected chi connectivity index (χ2v) is 3.82. The molecule has 0 aromatic rings. The first-order valence-electron chi connectivity index (χ1n) is 5.27. The highest BCUT2D eigenvalue weighted by Gasteiger charge is 2.17. The molecule has 0 rings (SSSR count). The zero-order valence-corrected chi connectivity index (χ0v) is 10.1. The third kappa shape index (κ3) is 4.99. The predicted octanol–water partition coefficient (Wildman–Crippen LogP) is 0.726. The van der Waals surface area contributed by atoms with Crippen molar-refractivity contribution in [2.45, 2.75) is 26.8 Å². The standard InChI is InChI=1S/C10H23N3O2/c1-5-13(9(3)7-15-4)6-8(2)10(11)12-14/h8-9,14H,5-7H2,1-4H3,(H2,11,12). The lowest BCUT2D eigenvalue weighted by Gasteiger charge is -2.29. The van der Waals surface area contributed by atoms with E-state index in [1.807, 2.05) is 6.92 Å². The molecule has 0 fully saturated rings. The van der Waals surface area contributed by atoms with Crippen LogP contribution in [0.5, 0.6) is 0 Å². The van der Waals surface area contributed by atoms with Gasteiger partial charge < -0.3 is 15.7 Å². The summed E-state index contributed by atoms with van der Waals surface area (Å²) < 4.78 is 5.10. The van der Waals surface area contributed by atoms with E-state index in [4.69, 9.17) is 15.7 Å². The lowest BCUT2D eigenvalue weighted by molar-refractivity contribution is 0.0983. The van der Waals surface area contributed by atoms with Crippen LogP contribution in [0.2, 0.25) is 0 Å². The van der Waals surface area contributed by atoms with Crippen molar-refractivity contribution in [3.63, 3.8) is 0 Å². The normalized spacial score (nSPS) is 16.7. The van der Waals surface area contributed by atoms with Crippen molar-refractivity contribution in [1.82, 2.24) is 4.90 Å². The van der Waals surface area contributed by atoms with Gasteiger partial charge in [-0.15, -0.1) is 0 Å². The number of methoxy groups -OCH3 is 1. The molecule has 0 heterocycles. The third-order valence-electron chi connectivity index (χ3n) is 2.57. The molecule has 0 aliphatic heterocycles. The zero-order valence-electron chi connectivity index (χ0n) is 10.1. The quantitative estimate of drug-likeness (QED) is 0.285. The molecule has 2 atom stereocenters. The first kappa shape index (κ1) is 14.2. The Hall–Kier alpha value is -0.810. The Kier molecular flexibility index (Phi) is 7.07. The molecule has 0 spiro atoms. The summed E-state index contributed by atoms with van der Waals surface area (Å²) in [5, 5.41) is 11.6. The van der Waals surface area contributed by atoms with Crippen LogP contribution in [0, 0.1) is 5.92 Å². The van der Waals surface area contributed by atoms with Gasteiger partial charge >= 0.3 is 0 Å². The van der Waals surface area contributed by atoms with Gasteiger partial charge in [-0.25, -0.2) is 0 Å². The summed E-state index contributed by atoms with van der Waals surface area (Å²) in [7, 11) is 1.69. The maximum absolute atomic E-state index is 8.55. The fraction of sp³-hybridized carbons (Fsp3) is 0.900. The van der Waals surface area contributed by atoms with Gasteiger partial charge in [-0.3, -0.25) is 4.90 Å². The van der Waals surface area contributed by atoms with Crippen LogP contribution in [0.1, 0.15) is 20.8 Å². The van der Waals surface area contributed by atoms with Crippen LogP contribution in [0.15, 0.2) is 5.16 Å². The van der Waals surface area contributed by atoms with E-state index in [1.165, 1.54) is 0 Å². The van der Waals surface area contributed by atoms with Gasteiger partial charge in [0.05, 0.1) is 6.61 Å². The molecule has 0 aliphatic rings. The Bertz CT molecular complexity index is 197. The first-order valence-corrected chi connectivity index (χ1v) is 5.27. The lowest BCUT2D eigenvalue weighted by Crippen LogP contribution is -2.41. The highest BCUT2D eigenvalue weighted by molar-refractivity contribution is 5.82.